The number of rotatable bonds is 5. The fraction of sp³-hybridized carbons (Fsp3) is 0.308. The number of amides is 1. The molecule has 0 saturated heterocycles. The number of thioether (sulfide) groups is 1. The molecular formula is C13H13LiN2O4S. The van der Waals surface area contributed by atoms with E-state index in [1.165, 1.54) is 11.8 Å². The number of benzene rings is 1. The summed E-state index contributed by atoms with van der Waals surface area (Å²) in [4.78, 5) is 26.0. The number of carbonyl (C=O) groups is 2. The summed E-state index contributed by atoms with van der Waals surface area (Å²) >= 11 is 1.29. The molecule has 1 aromatic carbocycles. The topological polar surface area (TPSA) is 90.8 Å². The molecule has 0 unspecified atom stereocenters. The van der Waals surface area contributed by atoms with Crippen molar-refractivity contribution < 1.29 is 38.3 Å². The van der Waals surface area contributed by atoms with Gasteiger partial charge >= 0.3 is 25.0 Å². The zero-order valence-corrected chi connectivity index (χ0v) is 12.4. The number of nitrogens with zero attached hydrogens (tertiary/aromatic N) is 1. The number of carbonyl (C=O) groups excluding carboxylic acids is 2. The average molecular weight is 300 g/mol. The number of aliphatic carboxylic acids is 1. The zero-order chi connectivity index (χ0) is 14.4. The Morgan fingerprint density at radius 1 is 1.38 bits per heavy atom. The van der Waals surface area contributed by atoms with Crippen molar-refractivity contribution in [2.24, 2.45) is 4.99 Å². The number of hydrogen-bond acceptors (Lipinski definition) is 6. The van der Waals surface area contributed by atoms with Crippen LogP contribution in [-0.4, -0.2) is 35.4 Å². The molecule has 0 spiro atoms. The third kappa shape index (κ3) is 5.84. The van der Waals surface area contributed by atoms with Gasteiger partial charge in [-0.15, -0.1) is 11.8 Å². The summed E-state index contributed by atoms with van der Waals surface area (Å²) in [5.74, 6) is -0.850. The van der Waals surface area contributed by atoms with Crippen LogP contribution >= 0.6 is 11.8 Å². The molecule has 1 aliphatic heterocycles. The fourth-order valence-electron chi connectivity index (χ4n) is 1.56. The molecule has 21 heavy (non-hydrogen) atoms. The molecule has 6 nitrogen and oxygen atoms in total. The number of hydrogen-bond donors (Lipinski definition) is 1. The number of alkyl carbamates (subject to hydrolysis) is 1. The fourth-order valence-corrected chi connectivity index (χ4v) is 2.50. The molecule has 0 fully saturated rings. The number of aliphatic imine (C=N–C) groups is 1. The summed E-state index contributed by atoms with van der Waals surface area (Å²) < 4.78 is 5.02. The first-order valence-electron chi connectivity index (χ1n) is 6.00. The molecule has 1 aromatic rings. The molecule has 1 heterocycles. The number of nitrogens with one attached hydrogen (secondary N) is 1. The normalized spacial score (nSPS) is 16.6. The zero-order valence-electron chi connectivity index (χ0n) is 11.6. The van der Waals surface area contributed by atoms with Gasteiger partial charge in [0.05, 0.1) is 23.6 Å². The van der Waals surface area contributed by atoms with Crippen LogP contribution in [0.25, 0.3) is 0 Å². The standard InChI is InChI=1S/C13H14N2O4S.Li/c16-12(17)10-8-20-11(15-10)6-14-13(18)19-7-9-4-2-1-3-5-9;/h1-5,10H,6-8H2,(H,14,18)(H,16,17);/q;+1/p-1/t10-;/m0./s1. The summed E-state index contributed by atoms with van der Waals surface area (Å²) in [5.41, 5.74) is 0.896. The molecule has 0 saturated carbocycles. The van der Waals surface area contributed by atoms with Gasteiger partial charge in [0.25, 0.3) is 0 Å². The minimum Gasteiger partial charge on any atom is -0.548 e. The largest absolute Gasteiger partial charge is 1.00 e. The van der Waals surface area contributed by atoms with Gasteiger partial charge in [-0.05, 0) is 5.56 Å². The van der Waals surface area contributed by atoms with E-state index in [9.17, 15) is 14.7 Å². The van der Waals surface area contributed by atoms with Crippen LogP contribution in [0.15, 0.2) is 35.3 Å². The van der Waals surface area contributed by atoms with Crippen molar-refractivity contribution in [3.8, 4) is 0 Å². The molecule has 8 heteroatoms. The number of carboxylic acid groups (broad SMARTS) is 1. The van der Waals surface area contributed by atoms with E-state index in [0.29, 0.717) is 10.8 Å². The van der Waals surface area contributed by atoms with Crippen LogP contribution in [0.3, 0.4) is 0 Å². The van der Waals surface area contributed by atoms with Crippen LogP contribution in [0.5, 0.6) is 0 Å². The second-order valence-corrected chi connectivity index (χ2v) is 5.18. The van der Waals surface area contributed by atoms with Crippen LogP contribution in [-0.2, 0) is 16.1 Å². The van der Waals surface area contributed by atoms with Crippen LogP contribution in [0.1, 0.15) is 5.56 Å². The molecule has 1 aliphatic rings. The molecular weight excluding hydrogens is 287 g/mol. The summed E-state index contributed by atoms with van der Waals surface area (Å²) in [6, 6.07) is 8.49. The van der Waals surface area contributed by atoms with Crippen molar-refractivity contribution in [2.75, 3.05) is 12.3 Å². The third-order valence-corrected chi connectivity index (χ3v) is 3.64. The van der Waals surface area contributed by atoms with Crippen molar-refractivity contribution in [1.82, 2.24) is 5.32 Å². The maximum atomic E-state index is 11.5. The molecule has 0 aromatic heterocycles. The van der Waals surface area contributed by atoms with E-state index in [0.717, 1.165) is 5.56 Å². The molecule has 106 valence electrons. The van der Waals surface area contributed by atoms with Gasteiger partial charge in [-0.2, -0.15) is 0 Å². The molecule has 0 aliphatic carbocycles. The van der Waals surface area contributed by atoms with Gasteiger partial charge in [-0.3, -0.25) is 4.99 Å². The van der Waals surface area contributed by atoms with Crippen molar-refractivity contribution in [3.05, 3.63) is 35.9 Å². The summed E-state index contributed by atoms with van der Waals surface area (Å²) in [7, 11) is 0. The van der Waals surface area contributed by atoms with E-state index in [4.69, 9.17) is 4.74 Å². The molecule has 1 N–H and O–H groups in total. The Labute approximate surface area is 138 Å². The SMILES string of the molecule is O=C(NCC1=N[C@H](C(=O)[O-])CS1)OCc1ccccc1.[Li+]. The Kier molecular flexibility index (Phi) is 7.37. The van der Waals surface area contributed by atoms with Gasteiger partial charge in [0.15, 0.2) is 0 Å². The predicted octanol–water partition coefficient (Wildman–Crippen LogP) is -2.82. The molecule has 0 bridgehead atoms. The molecule has 2 rings (SSSR count). The van der Waals surface area contributed by atoms with Gasteiger partial charge in [0, 0.05) is 5.75 Å². The average Bonchev–Trinajstić information content (AvgIpc) is 2.93. The van der Waals surface area contributed by atoms with Crippen molar-refractivity contribution in [1.29, 1.82) is 0 Å². The second kappa shape index (κ2) is 8.77. The summed E-state index contributed by atoms with van der Waals surface area (Å²) in [5, 5.41) is 13.7. The Morgan fingerprint density at radius 3 is 2.71 bits per heavy atom. The van der Waals surface area contributed by atoms with Gasteiger partial charge in [-0.25, -0.2) is 4.79 Å². The monoisotopic (exact) mass is 300 g/mol. The maximum Gasteiger partial charge on any atom is 1.00 e. The number of carboxylic acids is 1. The van der Waals surface area contributed by atoms with Crippen LogP contribution in [0, 0.1) is 0 Å². The van der Waals surface area contributed by atoms with E-state index in [-0.39, 0.29) is 32.0 Å². The smallest absolute Gasteiger partial charge is 0.548 e. The molecule has 1 atom stereocenters. The maximum absolute atomic E-state index is 11.5. The van der Waals surface area contributed by atoms with Crippen molar-refractivity contribution >= 4 is 28.9 Å². The van der Waals surface area contributed by atoms with Crippen LogP contribution < -0.4 is 29.3 Å². The van der Waals surface area contributed by atoms with Crippen LogP contribution in [0.4, 0.5) is 4.79 Å². The van der Waals surface area contributed by atoms with Gasteiger partial charge in [-0.1, -0.05) is 30.3 Å². The quantitative estimate of drug-likeness (QED) is 0.592. The van der Waals surface area contributed by atoms with Gasteiger partial charge in [0.1, 0.15) is 6.61 Å². The van der Waals surface area contributed by atoms with E-state index in [1.54, 1.807) is 0 Å². The molecule has 1 amide bonds. The predicted molar refractivity (Wildman–Crippen MR) is 73.3 cm³/mol. The first kappa shape index (κ1) is 17.6. The third-order valence-electron chi connectivity index (χ3n) is 2.58. The second-order valence-electron chi connectivity index (χ2n) is 4.08. The number of ether oxygens (including phenoxy) is 1. The van der Waals surface area contributed by atoms with Crippen molar-refractivity contribution in [3.63, 3.8) is 0 Å². The summed E-state index contributed by atoms with van der Waals surface area (Å²) in [6.45, 7) is 0.357. The Morgan fingerprint density at radius 2 is 2.10 bits per heavy atom. The van der Waals surface area contributed by atoms with E-state index in [2.05, 4.69) is 10.3 Å². The van der Waals surface area contributed by atoms with Crippen LogP contribution in [0.2, 0.25) is 0 Å². The van der Waals surface area contributed by atoms with E-state index < -0.39 is 18.1 Å². The Bertz CT molecular complexity index is 524. The van der Waals surface area contributed by atoms with Crippen molar-refractivity contribution in [2.45, 2.75) is 12.6 Å². The first-order valence-corrected chi connectivity index (χ1v) is 6.98. The molecule has 0 radical (unpaired) electrons. The summed E-state index contributed by atoms with van der Waals surface area (Å²) in [6.07, 6.45) is -0.561. The Balaban J connectivity index is 0.00000220. The first-order chi connectivity index (χ1) is 9.65. The van der Waals surface area contributed by atoms with Gasteiger partial charge in [0.2, 0.25) is 0 Å². The van der Waals surface area contributed by atoms with E-state index in [1.807, 2.05) is 30.3 Å². The minimum atomic E-state index is -1.20. The van der Waals surface area contributed by atoms with Gasteiger partial charge < -0.3 is 20.0 Å². The Hall–Kier alpha value is -1.42. The van der Waals surface area contributed by atoms with E-state index >= 15 is 0 Å². The minimum absolute atomic E-state index is 0.